The van der Waals surface area contributed by atoms with E-state index in [0.29, 0.717) is 62.6 Å². The van der Waals surface area contributed by atoms with Crippen molar-refractivity contribution in [2.45, 2.75) is 30.7 Å². The second kappa shape index (κ2) is 14.1. The normalized spacial score (nSPS) is 14.2. The molecule has 0 saturated heterocycles. The van der Waals surface area contributed by atoms with Crippen LogP contribution in [0.1, 0.15) is 25.7 Å². The summed E-state index contributed by atoms with van der Waals surface area (Å²) in [5, 5.41) is 7.62. The largest absolute Gasteiger partial charge is 0.489 e. The van der Waals surface area contributed by atoms with Crippen molar-refractivity contribution in [3.63, 3.8) is 0 Å². The van der Waals surface area contributed by atoms with E-state index >= 15 is 0 Å². The number of thiocarbonyl (C=S) groups is 1. The highest BCUT2D eigenvalue weighted by Gasteiger charge is 2.19. The van der Waals surface area contributed by atoms with Gasteiger partial charge in [-0.25, -0.2) is 4.98 Å². The van der Waals surface area contributed by atoms with Crippen molar-refractivity contribution < 1.29 is 13.7 Å². The molecule has 14 heteroatoms. The Kier molecular flexibility index (Phi) is 10.6. The first-order valence-corrected chi connectivity index (χ1v) is 16.4. The van der Waals surface area contributed by atoms with Gasteiger partial charge in [0, 0.05) is 23.9 Å². The number of nitrogens with zero attached hydrogens (tertiary/aromatic N) is 5. The van der Waals surface area contributed by atoms with Crippen LogP contribution in [-0.2, 0) is 4.52 Å². The number of rotatable bonds is 12. The molecule has 0 aromatic carbocycles. The average molecular weight is 659 g/mol. The van der Waals surface area contributed by atoms with Gasteiger partial charge in [-0.15, -0.1) is 4.53 Å². The molecule has 2 N–H and O–H groups in total. The standard InChI is InChI=1S/C22H24FIN7O2PS2/c23-31(14-27-30-22(35)15-3-1-2-4-15)36-21-6-5-19-20(29-21)10-17(12-26-19)28-16-9-18(13-25-11-16)32-7-8-33-34-24/h5-6,9-15,28,34H,1-4,7-8H2,(H,30,35)/b27-14+. The minimum Gasteiger partial charge on any atom is -0.489 e. The molecule has 0 amide bonds. The van der Waals surface area contributed by atoms with Gasteiger partial charge in [-0.2, -0.15) is 5.10 Å². The highest BCUT2D eigenvalue weighted by molar-refractivity contribution is 14.2. The molecule has 1 atom stereocenters. The average Bonchev–Trinajstić information content (AvgIpc) is 3.42. The van der Waals surface area contributed by atoms with E-state index in [1.54, 1.807) is 30.7 Å². The van der Waals surface area contributed by atoms with Crippen LogP contribution in [0.25, 0.3) is 11.0 Å². The van der Waals surface area contributed by atoms with Gasteiger partial charge in [-0.05, 0) is 53.1 Å². The summed E-state index contributed by atoms with van der Waals surface area (Å²) in [4.78, 5) is 13.8. The first-order chi connectivity index (χ1) is 17.6. The lowest BCUT2D eigenvalue weighted by Crippen LogP contribution is -2.23. The Hall–Kier alpha value is -1.93. The van der Waals surface area contributed by atoms with E-state index in [-0.39, 0.29) is 0 Å². The zero-order valence-electron chi connectivity index (χ0n) is 19.1. The molecule has 9 nitrogen and oxygen atoms in total. The van der Waals surface area contributed by atoms with Gasteiger partial charge in [0.1, 0.15) is 17.4 Å². The third-order valence-electron chi connectivity index (χ3n) is 5.25. The van der Waals surface area contributed by atoms with Crippen LogP contribution < -0.4 is 15.5 Å². The Morgan fingerprint density at radius 3 is 2.89 bits per heavy atom. The minimum atomic E-state index is 0.335. The molecule has 3 aromatic rings. The molecule has 3 heterocycles. The first kappa shape index (κ1) is 27.1. The molecule has 190 valence electrons. The summed E-state index contributed by atoms with van der Waals surface area (Å²) in [6.45, 7) is 1.37. The number of anilines is 2. The summed E-state index contributed by atoms with van der Waals surface area (Å²) >= 11 is 8.30. The molecule has 4 rings (SSSR count). The second-order valence-corrected chi connectivity index (χ2v) is 10.9. The molecule has 3 aromatic heterocycles. The molecule has 0 bridgehead atoms. The number of halogens is 2. The van der Waals surface area contributed by atoms with E-state index in [1.807, 2.05) is 12.1 Å². The molecule has 36 heavy (non-hydrogen) atoms. The second-order valence-electron chi connectivity index (χ2n) is 7.79. The van der Waals surface area contributed by atoms with Crippen LogP contribution in [0.5, 0.6) is 5.75 Å². The lowest BCUT2D eigenvalue weighted by Gasteiger charge is -2.11. The molecule has 1 fully saturated rings. The van der Waals surface area contributed by atoms with Gasteiger partial charge < -0.3 is 14.6 Å². The van der Waals surface area contributed by atoms with Crippen molar-refractivity contribution in [1.29, 1.82) is 0 Å². The van der Waals surface area contributed by atoms with Crippen LogP contribution in [0, 0.1) is 5.92 Å². The number of hydrogen-bond donors (Lipinski definition) is 2. The third-order valence-corrected chi connectivity index (χ3v) is 7.61. The molecule has 1 aliphatic rings. The zero-order chi connectivity index (χ0) is 25.2. The fraction of sp³-hybridized carbons (Fsp3) is 0.318. The fourth-order valence-corrected chi connectivity index (χ4v) is 5.26. The van der Waals surface area contributed by atoms with Crippen molar-refractivity contribution in [2.75, 3.05) is 18.5 Å². The Morgan fingerprint density at radius 2 is 2.06 bits per heavy atom. The Bertz CT molecular complexity index is 1210. The van der Waals surface area contributed by atoms with Gasteiger partial charge in [-0.1, -0.05) is 29.5 Å². The van der Waals surface area contributed by atoms with Crippen molar-refractivity contribution in [3.8, 4) is 5.75 Å². The van der Waals surface area contributed by atoms with Gasteiger partial charge in [0.15, 0.2) is 6.34 Å². The molecule has 1 unspecified atom stereocenters. The Morgan fingerprint density at radius 1 is 1.22 bits per heavy atom. The quantitative estimate of drug-likeness (QED) is 0.0264. The molecule has 0 radical (unpaired) electrons. The van der Waals surface area contributed by atoms with E-state index in [9.17, 15) is 4.48 Å². The maximum Gasteiger partial charge on any atom is 0.154 e. The molecule has 1 aliphatic carbocycles. The van der Waals surface area contributed by atoms with Crippen molar-refractivity contribution in [3.05, 3.63) is 42.9 Å². The topological polar surface area (TPSA) is 96.8 Å². The summed E-state index contributed by atoms with van der Waals surface area (Å²) in [5.41, 5.74) is 5.54. The van der Waals surface area contributed by atoms with E-state index in [2.05, 4.69) is 52.8 Å². The number of ether oxygens (including phenoxy) is 1. The summed E-state index contributed by atoms with van der Waals surface area (Å²) in [7, 11) is 0. The lowest BCUT2D eigenvalue weighted by molar-refractivity contribution is 0.237. The van der Waals surface area contributed by atoms with Crippen molar-refractivity contribution in [2.24, 2.45) is 11.0 Å². The zero-order valence-corrected chi connectivity index (χ0v) is 23.9. The molecular formula is C22H24FIN7O2PS2. The van der Waals surface area contributed by atoms with Gasteiger partial charge in [0.05, 0.1) is 59.0 Å². The van der Waals surface area contributed by atoms with Crippen LogP contribution in [0.15, 0.2) is 53.0 Å². The maximum atomic E-state index is 14.3. The van der Waals surface area contributed by atoms with E-state index in [0.717, 1.165) is 36.8 Å². The number of pyridine rings is 3. The number of aromatic nitrogens is 3. The summed E-state index contributed by atoms with van der Waals surface area (Å²) in [6, 6.07) is 7.18. The first-order valence-electron chi connectivity index (χ1n) is 11.2. The van der Waals surface area contributed by atoms with E-state index in [4.69, 9.17) is 21.5 Å². The van der Waals surface area contributed by atoms with Gasteiger partial charge >= 0.3 is 0 Å². The van der Waals surface area contributed by atoms with Crippen LogP contribution in [0.3, 0.4) is 0 Å². The van der Waals surface area contributed by atoms with Gasteiger partial charge in [-0.3, -0.25) is 15.4 Å². The highest BCUT2D eigenvalue weighted by atomic mass is 127. The molecule has 1 saturated carbocycles. The number of fused-ring (bicyclic) bond motifs is 1. The van der Waals surface area contributed by atoms with E-state index < -0.39 is 0 Å². The smallest absolute Gasteiger partial charge is 0.154 e. The summed E-state index contributed by atoms with van der Waals surface area (Å²) in [6.07, 6.45) is 10.5. The molecular weight excluding hydrogens is 635 g/mol. The summed E-state index contributed by atoms with van der Waals surface area (Å²) in [5.74, 6) is 0.968. The van der Waals surface area contributed by atoms with Crippen LogP contribution in [-0.4, -0.2) is 44.0 Å². The van der Waals surface area contributed by atoms with Crippen LogP contribution in [0.4, 0.5) is 15.9 Å². The van der Waals surface area contributed by atoms with E-state index in [1.165, 1.54) is 12.8 Å². The SMILES string of the molecule is FN(/C=N/NC(=S)C1CCCC1)Sc1ccc2ncc(Nc3cncc(OCCOPI)c3)cc2n1. The van der Waals surface area contributed by atoms with Crippen LogP contribution >= 0.6 is 52.7 Å². The van der Waals surface area contributed by atoms with Crippen molar-refractivity contribution in [1.82, 2.24) is 24.9 Å². The Balaban J connectivity index is 1.35. The highest BCUT2D eigenvalue weighted by Crippen LogP contribution is 2.27. The third kappa shape index (κ3) is 8.30. The lowest BCUT2D eigenvalue weighted by atomic mass is 10.1. The number of nitrogens with one attached hydrogen (secondary N) is 2. The molecule has 0 aliphatic heterocycles. The monoisotopic (exact) mass is 659 g/mol. The minimum absolute atomic E-state index is 0.335. The van der Waals surface area contributed by atoms with Gasteiger partial charge in [0.25, 0.3) is 0 Å². The number of hydrazone groups is 1. The number of hydrogen-bond acceptors (Lipinski definition) is 9. The Labute approximate surface area is 232 Å². The van der Waals surface area contributed by atoms with Crippen molar-refractivity contribution >= 4 is 86.4 Å². The van der Waals surface area contributed by atoms with Gasteiger partial charge in [0.2, 0.25) is 0 Å². The predicted octanol–water partition coefficient (Wildman–Crippen LogP) is 6.35. The fourth-order valence-electron chi connectivity index (χ4n) is 3.61. The molecule has 0 spiro atoms. The van der Waals surface area contributed by atoms with Crippen LogP contribution in [0.2, 0.25) is 0 Å². The summed E-state index contributed by atoms with van der Waals surface area (Å²) < 4.78 is 25.7. The predicted molar refractivity (Wildman–Crippen MR) is 156 cm³/mol. The maximum absolute atomic E-state index is 14.3.